The third kappa shape index (κ3) is 12.3. The van der Waals surface area contributed by atoms with Crippen LogP contribution in [0.3, 0.4) is 0 Å². The van der Waals surface area contributed by atoms with Gasteiger partial charge in [-0.05, 0) is 65.4 Å². The molecule has 16 heteroatoms. The molecule has 106 heavy (non-hydrogen) atoms. The van der Waals surface area contributed by atoms with Crippen molar-refractivity contribution in [3.63, 3.8) is 0 Å². The van der Waals surface area contributed by atoms with Crippen molar-refractivity contribution in [3.05, 3.63) is 353 Å². The van der Waals surface area contributed by atoms with E-state index in [0.717, 1.165) is 87.1 Å². The van der Waals surface area contributed by atoms with E-state index < -0.39 is 0 Å². The highest BCUT2D eigenvalue weighted by Gasteiger charge is 2.21. The van der Waals surface area contributed by atoms with Gasteiger partial charge in [-0.3, -0.25) is 0 Å². The van der Waals surface area contributed by atoms with Gasteiger partial charge in [0.15, 0.2) is 52.4 Å². The molecule has 7 heterocycles. The number of thiophene rings is 1. The van der Waals surface area contributed by atoms with Gasteiger partial charge in [-0.2, -0.15) is 0 Å². The molecule has 0 aliphatic heterocycles. The summed E-state index contributed by atoms with van der Waals surface area (Å²) in [7, 11) is 0. The fraction of sp³-hybridized carbons (Fsp3) is 0. The number of para-hydroxylation sites is 3. The van der Waals surface area contributed by atoms with Crippen LogP contribution in [-0.2, 0) is 0 Å². The zero-order chi connectivity index (χ0) is 71.0. The summed E-state index contributed by atoms with van der Waals surface area (Å²) in [5, 5.41) is 9.04. The van der Waals surface area contributed by atoms with Gasteiger partial charge in [0.25, 0.3) is 0 Å². The van der Waals surface area contributed by atoms with Crippen molar-refractivity contribution >= 4 is 96.7 Å². The van der Waals surface area contributed by atoms with Gasteiger partial charge in [0.05, 0.1) is 16.2 Å². The van der Waals surface area contributed by atoms with Gasteiger partial charge in [-0.25, -0.2) is 59.2 Å². The summed E-state index contributed by atoms with van der Waals surface area (Å²) in [6.45, 7) is 0. The van der Waals surface area contributed by atoms with Gasteiger partial charge in [0.2, 0.25) is 0 Å². The van der Waals surface area contributed by atoms with Crippen molar-refractivity contribution in [1.82, 2.24) is 44.9 Å². The molecule has 0 spiro atoms. The van der Waals surface area contributed by atoms with Gasteiger partial charge >= 0.3 is 16.9 Å². The van der Waals surface area contributed by atoms with Crippen LogP contribution in [0, 0.1) is 0 Å². The predicted molar refractivity (Wildman–Crippen MR) is 422 cm³/mol. The molecule has 0 N–H and O–H groups in total. The second-order valence-corrected chi connectivity index (χ2v) is 26.0. The van der Waals surface area contributed by atoms with E-state index >= 15 is 0 Å². The Hall–Kier alpha value is -14.5. The van der Waals surface area contributed by atoms with E-state index in [-0.39, 0.29) is 16.9 Å². The lowest BCUT2D eigenvalue weighted by molar-refractivity contribution is 0.569. The SMILES string of the molecule is O=c1oc2ccccc2c2cc(-c3nc(-c4ccccc4)nc(-c4ccccc4)n3)ccc12.O=c1oc2ccccc2c2ccc(-c3nc(-c4ccccc4)nc(-c4cccc5c4sc4ccccc45)n3)cc12.O=c1oc2ccccc2c2ccc(-c3nc(-c4ccccc4)nc(-c4ccccc4)n3)cc12. The first kappa shape index (κ1) is 63.7. The number of benzene rings is 13. The maximum Gasteiger partial charge on any atom is 0.344 e. The second-order valence-electron chi connectivity index (χ2n) is 25.0. The van der Waals surface area contributed by atoms with Gasteiger partial charge < -0.3 is 13.3 Å². The molecule has 20 rings (SSSR count). The largest absolute Gasteiger partial charge is 0.422 e. The highest BCUT2D eigenvalue weighted by Crippen LogP contribution is 2.41. The molecule has 0 saturated carbocycles. The lowest BCUT2D eigenvalue weighted by atomic mass is 10.0. The summed E-state index contributed by atoms with van der Waals surface area (Å²) in [6.07, 6.45) is 0. The van der Waals surface area contributed by atoms with E-state index in [2.05, 4.69) is 42.5 Å². The minimum atomic E-state index is -0.386. The average Bonchev–Trinajstić information content (AvgIpc) is 1.37. The van der Waals surface area contributed by atoms with Crippen molar-refractivity contribution in [2.75, 3.05) is 0 Å². The van der Waals surface area contributed by atoms with Crippen molar-refractivity contribution in [2.45, 2.75) is 0 Å². The number of nitrogens with zero attached hydrogens (tertiary/aromatic N) is 9. The maximum absolute atomic E-state index is 13.0. The zero-order valence-electron chi connectivity index (χ0n) is 56.0. The van der Waals surface area contributed by atoms with E-state index in [0.29, 0.717) is 85.3 Å². The summed E-state index contributed by atoms with van der Waals surface area (Å²) < 4.78 is 19.0. The number of hydrogen-bond donors (Lipinski definition) is 0. The molecule has 0 unspecified atom stereocenters. The van der Waals surface area contributed by atoms with Crippen molar-refractivity contribution in [3.8, 4) is 102 Å². The molecule has 15 nitrogen and oxygen atoms in total. The normalized spacial score (nSPS) is 11.3. The van der Waals surface area contributed by atoms with Crippen LogP contribution >= 0.6 is 11.3 Å². The first-order valence-corrected chi connectivity index (χ1v) is 34.9. The van der Waals surface area contributed by atoms with Crippen molar-refractivity contribution in [1.29, 1.82) is 0 Å². The number of aromatic nitrogens is 9. The molecule has 0 bridgehead atoms. The molecule has 0 aliphatic carbocycles. The topological polar surface area (TPSA) is 207 Å². The van der Waals surface area contributed by atoms with Crippen LogP contribution in [0.25, 0.3) is 188 Å². The first-order chi connectivity index (χ1) is 52.2. The summed E-state index contributed by atoms with van der Waals surface area (Å²) in [5.41, 5.74) is 8.25. The highest BCUT2D eigenvalue weighted by molar-refractivity contribution is 7.26. The fourth-order valence-electron chi connectivity index (χ4n) is 13.2. The Morgan fingerprint density at radius 3 is 0.868 bits per heavy atom. The summed E-state index contributed by atoms with van der Waals surface area (Å²) in [5.74, 6) is 5.04. The Bertz CT molecular complexity index is 6870. The Labute approximate surface area is 606 Å². The molecule has 0 fully saturated rings. The van der Waals surface area contributed by atoms with E-state index in [9.17, 15) is 14.4 Å². The number of rotatable bonds is 9. The second kappa shape index (κ2) is 27.5. The number of fused-ring (bicyclic) bond motifs is 12. The van der Waals surface area contributed by atoms with Crippen LogP contribution < -0.4 is 16.9 Å². The molecular formula is C90H53N9O6S. The summed E-state index contributed by atoms with van der Waals surface area (Å²) in [6, 6.07) is 103. The lowest BCUT2D eigenvalue weighted by Crippen LogP contribution is -2.02. The monoisotopic (exact) mass is 1390 g/mol. The molecule has 0 aliphatic rings. The third-order valence-electron chi connectivity index (χ3n) is 18.3. The number of hydrogen-bond acceptors (Lipinski definition) is 16. The van der Waals surface area contributed by atoms with Crippen LogP contribution in [0.2, 0.25) is 0 Å². The lowest BCUT2D eigenvalue weighted by Gasteiger charge is -2.10. The summed E-state index contributed by atoms with van der Waals surface area (Å²) in [4.78, 5) is 81.5. The van der Waals surface area contributed by atoms with Crippen molar-refractivity contribution < 1.29 is 13.3 Å². The molecule has 0 saturated heterocycles. The van der Waals surface area contributed by atoms with E-state index in [1.807, 2.05) is 255 Å². The Kier molecular flexibility index (Phi) is 16.5. The predicted octanol–water partition coefficient (Wildman–Crippen LogP) is 20.8. The first-order valence-electron chi connectivity index (χ1n) is 34.1. The molecule has 0 amide bonds. The molecule has 7 aromatic heterocycles. The van der Waals surface area contributed by atoms with Gasteiger partial charge in [0, 0.05) is 91.8 Å². The molecule has 0 atom stereocenters. The van der Waals surface area contributed by atoms with Crippen LogP contribution in [0.4, 0.5) is 0 Å². The summed E-state index contributed by atoms with van der Waals surface area (Å²) >= 11 is 1.74. The van der Waals surface area contributed by atoms with Crippen LogP contribution in [-0.4, -0.2) is 44.9 Å². The average molecular weight is 1390 g/mol. The molecular weight excluding hydrogens is 1340 g/mol. The van der Waals surface area contributed by atoms with E-state index in [4.69, 9.17) is 58.1 Å². The fourth-order valence-corrected chi connectivity index (χ4v) is 14.4. The van der Waals surface area contributed by atoms with Crippen molar-refractivity contribution in [2.24, 2.45) is 0 Å². The van der Waals surface area contributed by atoms with Gasteiger partial charge in [0.1, 0.15) is 16.7 Å². The van der Waals surface area contributed by atoms with Gasteiger partial charge in [-0.1, -0.05) is 267 Å². The molecule has 500 valence electrons. The van der Waals surface area contributed by atoms with E-state index in [1.54, 1.807) is 35.6 Å². The minimum Gasteiger partial charge on any atom is -0.422 e. The van der Waals surface area contributed by atoms with Crippen LogP contribution in [0.5, 0.6) is 0 Å². The smallest absolute Gasteiger partial charge is 0.344 e. The van der Waals surface area contributed by atoms with E-state index in [1.165, 1.54) is 15.5 Å². The Balaban J connectivity index is 0.000000113. The zero-order valence-corrected chi connectivity index (χ0v) is 56.8. The third-order valence-corrected chi connectivity index (χ3v) is 19.6. The molecule has 0 radical (unpaired) electrons. The Morgan fingerprint density at radius 1 is 0.198 bits per heavy atom. The highest BCUT2D eigenvalue weighted by atomic mass is 32.1. The minimum absolute atomic E-state index is 0.360. The van der Waals surface area contributed by atoms with Crippen LogP contribution in [0.15, 0.2) is 349 Å². The van der Waals surface area contributed by atoms with Gasteiger partial charge in [-0.15, -0.1) is 11.3 Å². The quantitative estimate of drug-likeness (QED) is 0.0973. The maximum atomic E-state index is 13.0. The Morgan fingerprint density at radius 2 is 0.481 bits per heavy atom. The van der Waals surface area contributed by atoms with Crippen LogP contribution in [0.1, 0.15) is 0 Å². The molecule has 13 aromatic carbocycles. The molecule has 20 aromatic rings. The standard InChI is InChI=1S/C34H19N3O2S.2C28H17N3O2/c38-34-27-19-21(17-18-22(27)23-11-4-6-15-28(23)39-34)32-35-31(20-9-2-1-3-10-20)36-33(37-32)26-14-8-13-25-24-12-5-7-16-29(24)40-30(25)26;32-28-23-17-20(15-16-21(23)22-13-7-8-14-24(22)33-28)27-30-25(18-9-3-1-4-10-18)29-26(31-27)19-11-5-2-6-12-19;32-28-22-16-15-20(17-23(22)21-13-7-8-14-24(21)33-28)27-30-25(18-9-3-1-4-10-18)29-26(31-27)19-11-5-2-6-12-19/h1-19H;2*1-17H.